The lowest BCUT2D eigenvalue weighted by atomic mass is 10.0. The molecule has 0 fully saturated rings. The molecule has 0 spiro atoms. The third kappa shape index (κ3) is 4.27. The second-order valence-corrected chi connectivity index (χ2v) is 8.90. The van der Waals surface area contributed by atoms with Crippen LogP contribution in [0.4, 0.5) is 5.13 Å². The Bertz CT molecular complexity index is 1030. The van der Waals surface area contributed by atoms with Crippen LogP contribution >= 0.6 is 11.3 Å². The van der Waals surface area contributed by atoms with Crippen LogP contribution in [-0.2, 0) is 0 Å². The van der Waals surface area contributed by atoms with E-state index in [4.69, 9.17) is 14.5 Å². The molecule has 0 saturated heterocycles. The molecule has 1 aliphatic heterocycles. The van der Waals surface area contributed by atoms with Crippen LogP contribution in [0.1, 0.15) is 27.9 Å². The zero-order chi connectivity index (χ0) is 21.3. The Hall–Kier alpha value is -2.64. The van der Waals surface area contributed by atoms with Crippen molar-refractivity contribution in [1.82, 2.24) is 9.88 Å². The number of aryl methyl sites for hydroxylation is 2. The minimum atomic E-state index is -0.00808. The molecule has 0 N–H and O–H groups in total. The van der Waals surface area contributed by atoms with Gasteiger partial charge in [-0.3, -0.25) is 9.69 Å². The number of ether oxygens (including phenoxy) is 2. The Kier molecular flexibility index (Phi) is 5.92. The molecule has 3 aromatic rings. The molecule has 0 unspecified atom stereocenters. The molecule has 7 heteroatoms. The number of aromatic nitrogens is 1. The van der Waals surface area contributed by atoms with Crippen molar-refractivity contribution in [3.05, 3.63) is 47.0 Å². The lowest BCUT2D eigenvalue weighted by Crippen LogP contribution is -2.34. The maximum absolute atomic E-state index is 13.6. The van der Waals surface area contributed by atoms with Crippen LogP contribution in [0.3, 0.4) is 0 Å². The first-order valence-electron chi connectivity index (χ1n) is 10.2. The topological polar surface area (TPSA) is 54.9 Å². The lowest BCUT2D eigenvalue weighted by molar-refractivity contribution is 0.0985. The average molecular weight is 426 g/mol. The molecule has 4 rings (SSSR count). The Labute approximate surface area is 181 Å². The largest absolute Gasteiger partial charge is 0.486 e. The van der Waals surface area contributed by atoms with Crippen LogP contribution in [0.5, 0.6) is 11.5 Å². The van der Waals surface area contributed by atoms with Crippen molar-refractivity contribution >= 4 is 32.6 Å². The van der Waals surface area contributed by atoms with E-state index in [1.807, 2.05) is 63.2 Å². The highest BCUT2D eigenvalue weighted by atomic mass is 32.1. The standard InChI is InChI=1S/C23H27N3O3S/c1-15-6-7-16(2)17(12-15)22(27)26(9-5-8-25(3)4)23-24-18-13-19-20(14-21(18)30-23)29-11-10-28-19/h6-7,12-14H,5,8-11H2,1-4H3. The molecule has 2 heterocycles. The number of amides is 1. The smallest absolute Gasteiger partial charge is 0.260 e. The van der Waals surface area contributed by atoms with Gasteiger partial charge in [0.05, 0.1) is 10.2 Å². The van der Waals surface area contributed by atoms with Gasteiger partial charge in [0.1, 0.15) is 13.2 Å². The van der Waals surface area contributed by atoms with Crippen LogP contribution in [0.2, 0.25) is 0 Å². The molecule has 1 aromatic heterocycles. The molecule has 0 atom stereocenters. The van der Waals surface area contributed by atoms with Gasteiger partial charge in [-0.25, -0.2) is 4.98 Å². The van der Waals surface area contributed by atoms with Gasteiger partial charge in [0.15, 0.2) is 16.6 Å². The summed E-state index contributed by atoms with van der Waals surface area (Å²) >= 11 is 1.51. The van der Waals surface area contributed by atoms with Gasteiger partial charge >= 0.3 is 0 Å². The van der Waals surface area contributed by atoms with E-state index in [9.17, 15) is 4.79 Å². The summed E-state index contributed by atoms with van der Waals surface area (Å²) in [5.74, 6) is 1.45. The van der Waals surface area contributed by atoms with Crippen LogP contribution in [0.25, 0.3) is 10.2 Å². The molecule has 2 aromatic carbocycles. The summed E-state index contributed by atoms with van der Waals surface area (Å²) < 4.78 is 12.4. The summed E-state index contributed by atoms with van der Waals surface area (Å²) in [4.78, 5) is 22.3. The van der Waals surface area contributed by atoms with Gasteiger partial charge in [-0.05, 0) is 52.5 Å². The Morgan fingerprint density at radius 1 is 1.07 bits per heavy atom. The second-order valence-electron chi connectivity index (χ2n) is 7.89. The van der Waals surface area contributed by atoms with E-state index in [-0.39, 0.29) is 5.91 Å². The highest BCUT2D eigenvalue weighted by molar-refractivity contribution is 7.22. The number of benzene rings is 2. The van der Waals surface area contributed by atoms with Crippen molar-refractivity contribution in [2.75, 3.05) is 45.3 Å². The second kappa shape index (κ2) is 8.62. The van der Waals surface area contributed by atoms with Gasteiger partial charge in [-0.15, -0.1) is 0 Å². The molecule has 1 amide bonds. The summed E-state index contributed by atoms with van der Waals surface area (Å²) in [7, 11) is 4.08. The molecule has 6 nitrogen and oxygen atoms in total. The first-order chi connectivity index (χ1) is 14.4. The van der Waals surface area contributed by atoms with Gasteiger partial charge in [-0.2, -0.15) is 0 Å². The van der Waals surface area contributed by atoms with E-state index in [0.29, 0.717) is 30.6 Å². The van der Waals surface area contributed by atoms with Crippen LogP contribution in [0, 0.1) is 13.8 Å². The number of thiazole rings is 1. The lowest BCUT2D eigenvalue weighted by Gasteiger charge is -2.22. The van der Waals surface area contributed by atoms with Crippen LogP contribution in [0.15, 0.2) is 30.3 Å². The normalized spacial score (nSPS) is 13.1. The predicted octanol–water partition coefficient (Wildman–Crippen LogP) is 4.28. The summed E-state index contributed by atoms with van der Waals surface area (Å²) in [5, 5.41) is 0.706. The molecule has 0 bridgehead atoms. The summed E-state index contributed by atoms with van der Waals surface area (Å²) in [5.41, 5.74) is 3.60. The number of carbonyl (C=O) groups excluding carboxylic acids is 1. The number of rotatable bonds is 6. The maximum Gasteiger partial charge on any atom is 0.260 e. The molecule has 1 aliphatic rings. The van der Waals surface area contributed by atoms with E-state index in [0.717, 1.165) is 45.6 Å². The van der Waals surface area contributed by atoms with E-state index in [1.165, 1.54) is 11.3 Å². The van der Waals surface area contributed by atoms with Crippen molar-refractivity contribution < 1.29 is 14.3 Å². The molecule has 158 valence electrons. The van der Waals surface area contributed by atoms with E-state index in [1.54, 1.807) is 0 Å². The van der Waals surface area contributed by atoms with E-state index >= 15 is 0 Å². The number of anilines is 1. The zero-order valence-corrected chi connectivity index (χ0v) is 18.7. The van der Waals surface area contributed by atoms with Crippen molar-refractivity contribution in [1.29, 1.82) is 0 Å². The Morgan fingerprint density at radius 3 is 2.53 bits per heavy atom. The Morgan fingerprint density at radius 2 is 1.80 bits per heavy atom. The number of hydrogen-bond donors (Lipinski definition) is 0. The molecule has 30 heavy (non-hydrogen) atoms. The first-order valence-corrected chi connectivity index (χ1v) is 11.0. The quantitative estimate of drug-likeness (QED) is 0.590. The fourth-order valence-electron chi connectivity index (χ4n) is 3.51. The third-order valence-electron chi connectivity index (χ3n) is 5.13. The van der Waals surface area contributed by atoms with Gasteiger partial charge in [0, 0.05) is 24.2 Å². The average Bonchev–Trinajstić information content (AvgIpc) is 3.12. The fourth-order valence-corrected chi connectivity index (χ4v) is 4.51. The zero-order valence-electron chi connectivity index (χ0n) is 17.9. The number of nitrogens with zero attached hydrogens (tertiary/aromatic N) is 3. The van der Waals surface area contributed by atoms with Crippen LogP contribution < -0.4 is 14.4 Å². The minimum Gasteiger partial charge on any atom is -0.486 e. The monoisotopic (exact) mass is 425 g/mol. The molecule has 0 saturated carbocycles. The SMILES string of the molecule is Cc1ccc(C)c(C(=O)N(CCCN(C)C)c2nc3cc4c(cc3s2)OCCO4)c1. The van der Waals surface area contributed by atoms with Crippen molar-refractivity contribution in [2.24, 2.45) is 0 Å². The van der Waals surface area contributed by atoms with E-state index < -0.39 is 0 Å². The number of fused-ring (bicyclic) bond motifs is 2. The molecule has 0 aliphatic carbocycles. The molecule has 0 radical (unpaired) electrons. The van der Waals surface area contributed by atoms with Crippen LogP contribution in [-0.4, -0.2) is 56.2 Å². The van der Waals surface area contributed by atoms with Crippen molar-refractivity contribution in [2.45, 2.75) is 20.3 Å². The van der Waals surface area contributed by atoms with Gasteiger partial charge < -0.3 is 14.4 Å². The molecular formula is C23H27N3O3S. The highest BCUT2D eigenvalue weighted by Crippen LogP contribution is 2.39. The van der Waals surface area contributed by atoms with Crippen molar-refractivity contribution in [3.63, 3.8) is 0 Å². The van der Waals surface area contributed by atoms with E-state index in [2.05, 4.69) is 4.90 Å². The maximum atomic E-state index is 13.6. The van der Waals surface area contributed by atoms with Gasteiger partial charge in [-0.1, -0.05) is 29.0 Å². The predicted molar refractivity (Wildman–Crippen MR) is 121 cm³/mol. The van der Waals surface area contributed by atoms with Gasteiger partial charge in [0.25, 0.3) is 5.91 Å². The summed E-state index contributed by atoms with van der Waals surface area (Å²) in [6, 6.07) is 9.87. The third-order valence-corrected chi connectivity index (χ3v) is 6.17. The summed E-state index contributed by atoms with van der Waals surface area (Å²) in [6.45, 7) is 6.58. The minimum absolute atomic E-state index is 0.00808. The Balaban J connectivity index is 1.71. The number of hydrogen-bond acceptors (Lipinski definition) is 6. The number of carbonyl (C=O) groups is 1. The fraction of sp³-hybridized carbons (Fsp3) is 0.391. The van der Waals surface area contributed by atoms with Crippen molar-refractivity contribution in [3.8, 4) is 11.5 Å². The molecular weight excluding hydrogens is 398 g/mol. The first kappa shape index (κ1) is 20.6. The highest BCUT2D eigenvalue weighted by Gasteiger charge is 2.24. The van der Waals surface area contributed by atoms with Gasteiger partial charge in [0.2, 0.25) is 0 Å². The summed E-state index contributed by atoms with van der Waals surface area (Å²) in [6.07, 6.45) is 0.863.